The summed E-state index contributed by atoms with van der Waals surface area (Å²) < 4.78 is 44.4. The molecule has 0 bridgehead atoms. The van der Waals surface area contributed by atoms with Gasteiger partial charge in [0.2, 0.25) is 5.91 Å². The summed E-state index contributed by atoms with van der Waals surface area (Å²) in [5.74, 6) is 0.723. The van der Waals surface area contributed by atoms with Crippen molar-refractivity contribution in [3.05, 3.63) is 64.7 Å². The Bertz CT molecular complexity index is 1140. The number of amides is 3. The van der Waals surface area contributed by atoms with Crippen LogP contribution in [0.5, 0.6) is 5.75 Å². The second-order valence-corrected chi connectivity index (χ2v) is 10.4. The van der Waals surface area contributed by atoms with Gasteiger partial charge in [0.1, 0.15) is 5.75 Å². The lowest BCUT2D eigenvalue weighted by Gasteiger charge is -2.57. The number of fused-ring (bicyclic) bond motifs is 1. The lowest BCUT2D eigenvalue weighted by Crippen LogP contribution is -2.59. The third-order valence-electron chi connectivity index (χ3n) is 7.87. The number of halogens is 3. The van der Waals surface area contributed by atoms with Crippen LogP contribution in [-0.2, 0) is 30.5 Å². The van der Waals surface area contributed by atoms with Gasteiger partial charge in [-0.25, -0.2) is 4.79 Å². The zero-order valence-electron chi connectivity index (χ0n) is 20.2. The van der Waals surface area contributed by atoms with Crippen molar-refractivity contribution in [2.24, 2.45) is 11.3 Å². The number of benzene rings is 2. The van der Waals surface area contributed by atoms with Gasteiger partial charge < -0.3 is 20.3 Å². The molecule has 5 rings (SSSR count). The fourth-order valence-corrected chi connectivity index (χ4v) is 5.92. The number of hydrogen-bond donors (Lipinski definition) is 2. The van der Waals surface area contributed by atoms with Crippen molar-refractivity contribution in [1.82, 2.24) is 15.5 Å². The molecule has 2 fully saturated rings. The largest absolute Gasteiger partial charge is 0.497 e. The number of ether oxygens (including phenoxy) is 1. The van der Waals surface area contributed by atoms with E-state index in [0.29, 0.717) is 25.1 Å². The van der Waals surface area contributed by atoms with Crippen molar-refractivity contribution < 1.29 is 27.5 Å². The molecule has 0 aromatic heterocycles. The lowest BCUT2D eigenvalue weighted by atomic mass is 9.50. The first-order valence-corrected chi connectivity index (χ1v) is 12.3. The van der Waals surface area contributed by atoms with Gasteiger partial charge in [0.15, 0.2) is 0 Å². The van der Waals surface area contributed by atoms with Gasteiger partial charge in [-0.15, -0.1) is 0 Å². The van der Waals surface area contributed by atoms with Crippen molar-refractivity contribution in [1.29, 1.82) is 0 Å². The van der Waals surface area contributed by atoms with Gasteiger partial charge in [0, 0.05) is 31.6 Å². The second-order valence-electron chi connectivity index (χ2n) is 10.4. The van der Waals surface area contributed by atoms with Crippen molar-refractivity contribution in [2.45, 2.75) is 57.4 Å². The Balaban J connectivity index is 1.05. The van der Waals surface area contributed by atoms with E-state index in [0.717, 1.165) is 48.6 Å². The number of rotatable bonds is 5. The van der Waals surface area contributed by atoms with E-state index >= 15 is 0 Å². The van der Waals surface area contributed by atoms with Crippen LogP contribution in [-0.4, -0.2) is 36.5 Å². The molecule has 1 heterocycles. The average Bonchev–Trinajstić information content (AvgIpc) is 2.82. The molecule has 36 heavy (non-hydrogen) atoms. The van der Waals surface area contributed by atoms with Crippen LogP contribution in [0.2, 0.25) is 0 Å². The molecule has 1 spiro atoms. The van der Waals surface area contributed by atoms with Crippen LogP contribution in [0.15, 0.2) is 42.5 Å². The Morgan fingerprint density at radius 2 is 1.78 bits per heavy atom. The van der Waals surface area contributed by atoms with Crippen LogP contribution in [0, 0.1) is 11.3 Å². The van der Waals surface area contributed by atoms with E-state index in [1.165, 1.54) is 12.1 Å². The molecule has 3 aliphatic rings. The van der Waals surface area contributed by atoms with E-state index in [1.54, 1.807) is 12.0 Å². The van der Waals surface area contributed by atoms with E-state index in [4.69, 9.17) is 4.74 Å². The second kappa shape index (κ2) is 9.33. The summed E-state index contributed by atoms with van der Waals surface area (Å²) in [4.78, 5) is 27.0. The number of nitrogens with zero attached hydrogens (tertiary/aromatic N) is 1. The van der Waals surface area contributed by atoms with Crippen LogP contribution in [0.3, 0.4) is 0 Å². The standard InChI is InChI=1S/C27H30F3N3O3/c1-36-23-6-2-17(3-7-23)15-31-25(35)32-22-13-26(14-22)11-20(12-26)24(34)33-9-8-18-4-5-21(27(28,29)30)10-19(18)16-33/h2-7,10,20,22H,8-9,11-16H2,1H3,(H2,31,32,35). The highest BCUT2D eigenvalue weighted by Crippen LogP contribution is 2.59. The van der Waals surface area contributed by atoms with E-state index in [9.17, 15) is 22.8 Å². The van der Waals surface area contributed by atoms with Gasteiger partial charge in [-0.05, 0) is 78.5 Å². The van der Waals surface area contributed by atoms with Gasteiger partial charge in [0.25, 0.3) is 0 Å². The van der Waals surface area contributed by atoms with Crippen molar-refractivity contribution in [2.75, 3.05) is 13.7 Å². The Labute approximate surface area is 208 Å². The summed E-state index contributed by atoms with van der Waals surface area (Å²) >= 11 is 0. The Morgan fingerprint density at radius 3 is 2.44 bits per heavy atom. The van der Waals surface area contributed by atoms with Crippen molar-refractivity contribution >= 4 is 11.9 Å². The summed E-state index contributed by atoms with van der Waals surface area (Å²) in [6, 6.07) is 11.2. The molecule has 0 saturated heterocycles. The van der Waals surface area contributed by atoms with E-state index in [1.807, 2.05) is 24.3 Å². The van der Waals surface area contributed by atoms with Gasteiger partial charge >= 0.3 is 12.2 Å². The zero-order chi connectivity index (χ0) is 25.5. The summed E-state index contributed by atoms with van der Waals surface area (Å²) in [6.07, 6.45) is -0.542. The minimum Gasteiger partial charge on any atom is -0.497 e. The lowest BCUT2D eigenvalue weighted by molar-refractivity contribution is -0.150. The van der Waals surface area contributed by atoms with E-state index < -0.39 is 11.7 Å². The Kier molecular flexibility index (Phi) is 6.34. The molecule has 9 heteroatoms. The smallest absolute Gasteiger partial charge is 0.416 e. The average molecular weight is 502 g/mol. The van der Waals surface area contributed by atoms with Crippen molar-refractivity contribution in [3.8, 4) is 5.75 Å². The highest BCUT2D eigenvalue weighted by atomic mass is 19.4. The molecule has 2 N–H and O–H groups in total. The van der Waals surface area contributed by atoms with E-state index in [2.05, 4.69) is 10.6 Å². The maximum Gasteiger partial charge on any atom is 0.416 e. The topological polar surface area (TPSA) is 70.7 Å². The van der Waals surface area contributed by atoms with Crippen molar-refractivity contribution in [3.63, 3.8) is 0 Å². The molecule has 3 amide bonds. The predicted octanol–water partition coefficient (Wildman–Crippen LogP) is 4.66. The maximum absolute atomic E-state index is 13.1. The highest BCUT2D eigenvalue weighted by molar-refractivity contribution is 5.80. The molecule has 192 valence electrons. The molecule has 2 saturated carbocycles. The summed E-state index contributed by atoms with van der Waals surface area (Å²) in [7, 11) is 1.61. The summed E-state index contributed by atoms with van der Waals surface area (Å²) in [5, 5.41) is 5.87. The van der Waals surface area contributed by atoms with Gasteiger partial charge in [-0.3, -0.25) is 4.79 Å². The molecule has 6 nitrogen and oxygen atoms in total. The third-order valence-corrected chi connectivity index (χ3v) is 7.87. The number of alkyl halides is 3. The normalized spacial score (nSPS) is 24.8. The van der Waals surface area contributed by atoms with Gasteiger partial charge in [0.05, 0.1) is 12.7 Å². The SMILES string of the molecule is COc1ccc(CNC(=O)NC2CC3(C2)CC(C(=O)N2CCc4ccc(C(F)(F)F)cc4C2)C3)cc1. The van der Waals surface area contributed by atoms with Crippen LogP contribution in [0.4, 0.5) is 18.0 Å². The Hall–Kier alpha value is -3.23. The first-order chi connectivity index (χ1) is 17.1. The predicted molar refractivity (Wildman–Crippen MR) is 127 cm³/mol. The number of carbonyl (C=O) groups excluding carboxylic acids is 2. The fourth-order valence-electron chi connectivity index (χ4n) is 5.92. The Morgan fingerprint density at radius 1 is 1.06 bits per heavy atom. The molecule has 2 aromatic carbocycles. The number of carbonyl (C=O) groups is 2. The van der Waals surface area contributed by atoms with Crippen LogP contribution < -0.4 is 15.4 Å². The zero-order valence-corrected chi connectivity index (χ0v) is 20.2. The maximum atomic E-state index is 13.1. The first kappa shape index (κ1) is 24.5. The number of methoxy groups -OCH3 is 1. The molecule has 2 aliphatic carbocycles. The molecular weight excluding hydrogens is 471 g/mol. The molecule has 2 aromatic rings. The number of urea groups is 1. The van der Waals surface area contributed by atoms with Gasteiger partial charge in [-0.2, -0.15) is 13.2 Å². The van der Waals surface area contributed by atoms with Crippen LogP contribution in [0.25, 0.3) is 0 Å². The third kappa shape index (κ3) is 5.01. The molecular formula is C27H30F3N3O3. The summed E-state index contributed by atoms with van der Waals surface area (Å²) in [6.45, 7) is 1.20. The number of hydrogen-bond acceptors (Lipinski definition) is 3. The monoisotopic (exact) mass is 501 g/mol. The van der Waals surface area contributed by atoms with Crippen LogP contribution in [0.1, 0.15) is 47.9 Å². The van der Waals surface area contributed by atoms with Crippen LogP contribution >= 0.6 is 0 Å². The minimum absolute atomic E-state index is 0.0392. The fraction of sp³-hybridized carbons (Fsp3) is 0.481. The summed E-state index contributed by atoms with van der Waals surface area (Å²) in [5.41, 5.74) is 1.89. The minimum atomic E-state index is -4.39. The number of nitrogens with one attached hydrogen (secondary N) is 2. The molecule has 0 atom stereocenters. The first-order valence-electron chi connectivity index (χ1n) is 12.3. The molecule has 0 radical (unpaired) electrons. The van der Waals surface area contributed by atoms with E-state index in [-0.39, 0.29) is 35.9 Å². The molecule has 1 aliphatic heterocycles. The highest BCUT2D eigenvalue weighted by Gasteiger charge is 2.55. The van der Waals surface area contributed by atoms with Gasteiger partial charge in [-0.1, -0.05) is 18.2 Å². The molecule has 0 unspecified atom stereocenters. The quantitative estimate of drug-likeness (QED) is 0.626.